The molecule has 0 bridgehead atoms. The molecule has 138 valence electrons. The van der Waals surface area contributed by atoms with Crippen molar-refractivity contribution in [2.24, 2.45) is 0 Å². The van der Waals surface area contributed by atoms with E-state index >= 15 is 0 Å². The van der Waals surface area contributed by atoms with Crippen molar-refractivity contribution in [3.8, 4) is 11.5 Å². The molecule has 0 aliphatic carbocycles. The third-order valence-corrected chi connectivity index (χ3v) is 4.22. The van der Waals surface area contributed by atoms with Gasteiger partial charge in [-0.05, 0) is 24.3 Å². The van der Waals surface area contributed by atoms with E-state index in [-0.39, 0.29) is 12.5 Å². The molecule has 0 spiro atoms. The van der Waals surface area contributed by atoms with Crippen LogP contribution in [0.5, 0.6) is 11.5 Å². The van der Waals surface area contributed by atoms with Crippen LogP contribution in [0.2, 0.25) is 10.0 Å². The molecule has 0 aromatic heterocycles. The van der Waals surface area contributed by atoms with Gasteiger partial charge < -0.3 is 19.7 Å². The van der Waals surface area contributed by atoms with Crippen molar-refractivity contribution < 1.29 is 19.1 Å². The van der Waals surface area contributed by atoms with Crippen LogP contribution < -0.4 is 14.8 Å². The first-order valence-corrected chi connectivity index (χ1v) is 8.34. The molecule has 2 aromatic rings. The van der Waals surface area contributed by atoms with Crippen molar-refractivity contribution in [2.75, 3.05) is 33.1 Å². The topological polar surface area (TPSA) is 67.9 Å². The van der Waals surface area contributed by atoms with Gasteiger partial charge in [-0.1, -0.05) is 29.3 Å². The Morgan fingerprint density at radius 2 is 1.73 bits per heavy atom. The molecule has 0 atom stereocenters. The second-order valence-corrected chi connectivity index (χ2v) is 6.19. The molecule has 8 heteroatoms. The zero-order valence-corrected chi connectivity index (χ0v) is 16.0. The van der Waals surface area contributed by atoms with Crippen LogP contribution in [-0.4, -0.2) is 44.5 Å². The summed E-state index contributed by atoms with van der Waals surface area (Å²) in [5.74, 6) is 0.121. The van der Waals surface area contributed by atoms with E-state index in [9.17, 15) is 9.59 Å². The Hall–Kier alpha value is -2.44. The van der Waals surface area contributed by atoms with Crippen LogP contribution in [0.4, 0.5) is 5.69 Å². The van der Waals surface area contributed by atoms with E-state index in [2.05, 4.69) is 5.32 Å². The zero-order valence-electron chi connectivity index (χ0n) is 14.5. The molecule has 2 rings (SSSR count). The van der Waals surface area contributed by atoms with E-state index in [4.69, 9.17) is 32.7 Å². The Bertz CT molecular complexity index is 807. The summed E-state index contributed by atoms with van der Waals surface area (Å²) in [4.78, 5) is 26.1. The molecule has 6 nitrogen and oxygen atoms in total. The highest BCUT2D eigenvalue weighted by Crippen LogP contribution is 2.30. The van der Waals surface area contributed by atoms with Crippen LogP contribution >= 0.6 is 23.2 Å². The Labute approximate surface area is 161 Å². The molecule has 0 heterocycles. The molecule has 2 amide bonds. The first kappa shape index (κ1) is 19.9. The van der Waals surface area contributed by atoms with E-state index in [0.29, 0.717) is 32.8 Å². The number of rotatable bonds is 6. The number of benzene rings is 2. The Morgan fingerprint density at radius 1 is 1.08 bits per heavy atom. The minimum absolute atomic E-state index is 0.185. The third-order valence-electron chi connectivity index (χ3n) is 3.59. The van der Waals surface area contributed by atoms with Crippen LogP contribution in [0, 0.1) is 0 Å². The fourth-order valence-electron chi connectivity index (χ4n) is 2.26. The summed E-state index contributed by atoms with van der Waals surface area (Å²) < 4.78 is 10.3. The van der Waals surface area contributed by atoms with Gasteiger partial charge in [-0.15, -0.1) is 0 Å². The fraction of sp³-hybridized carbons (Fsp3) is 0.222. The van der Waals surface area contributed by atoms with Gasteiger partial charge in [0.2, 0.25) is 5.91 Å². The summed E-state index contributed by atoms with van der Waals surface area (Å²) >= 11 is 12.1. The number of likely N-dealkylation sites (N-methyl/N-ethyl adjacent to an activating group) is 1. The van der Waals surface area contributed by atoms with Crippen molar-refractivity contribution in [3.05, 3.63) is 52.0 Å². The minimum Gasteiger partial charge on any atom is -0.497 e. The highest BCUT2D eigenvalue weighted by molar-refractivity contribution is 6.39. The smallest absolute Gasteiger partial charge is 0.257 e. The lowest BCUT2D eigenvalue weighted by molar-refractivity contribution is -0.116. The lowest BCUT2D eigenvalue weighted by Crippen LogP contribution is -2.35. The number of nitrogens with one attached hydrogen (secondary N) is 1. The van der Waals surface area contributed by atoms with Crippen LogP contribution in [0.3, 0.4) is 0 Å². The number of ether oxygens (including phenoxy) is 2. The van der Waals surface area contributed by atoms with Gasteiger partial charge in [-0.2, -0.15) is 0 Å². The van der Waals surface area contributed by atoms with E-state index in [1.807, 2.05) is 0 Å². The van der Waals surface area contributed by atoms with Gasteiger partial charge in [0, 0.05) is 13.1 Å². The maximum atomic E-state index is 12.6. The van der Waals surface area contributed by atoms with Crippen LogP contribution in [0.1, 0.15) is 10.4 Å². The average molecular weight is 397 g/mol. The second-order valence-electron chi connectivity index (χ2n) is 5.37. The van der Waals surface area contributed by atoms with Gasteiger partial charge in [0.1, 0.15) is 11.5 Å². The number of carbonyl (C=O) groups is 2. The number of para-hydroxylation sites is 1. The van der Waals surface area contributed by atoms with Crippen molar-refractivity contribution in [3.63, 3.8) is 0 Å². The SMILES string of the molecule is COc1ccc(C(=O)N(C)CC(=O)Nc2c(Cl)cccc2Cl)c(OC)c1. The molecular formula is C18H18Cl2N2O4. The van der Waals surface area contributed by atoms with Gasteiger partial charge in [0.25, 0.3) is 5.91 Å². The number of nitrogens with zero attached hydrogens (tertiary/aromatic N) is 1. The van der Waals surface area contributed by atoms with Gasteiger partial charge >= 0.3 is 0 Å². The molecule has 0 fully saturated rings. The average Bonchev–Trinajstić information content (AvgIpc) is 2.63. The number of methoxy groups -OCH3 is 2. The summed E-state index contributed by atoms with van der Waals surface area (Å²) in [6.45, 7) is -0.185. The molecule has 0 unspecified atom stereocenters. The Kier molecular flexibility index (Phi) is 6.71. The monoisotopic (exact) mass is 396 g/mol. The summed E-state index contributed by atoms with van der Waals surface area (Å²) in [7, 11) is 4.49. The van der Waals surface area contributed by atoms with E-state index in [1.54, 1.807) is 36.4 Å². The molecule has 0 aliphatic heterocycles. The molecule has 1 N–H and O–H groups in total. The predicted molar refractivity (Wildman–Crippen MR) is 102 cm³/mol. The molecule has 0 saturated heterocycles. The number of hydrogen-bond acceptors (Lipinski definition) is 4. The summed E-state index contributed by atoms with van der Waals surface area (Å²) in [6.07, 6.45) is 0. The van der Waals surface area contributed by atoms with Gasteiger partial charge in [0.15, 0.2) is 0 Å². The normalized spacial score (nSPS) is 10.2. The van der Waals surface area contributed by atoms with Crippen molar-refractivity contribution in [1.82, 2.24) is 4.90 Å². The van der Waals surface area contributed by atoms with Gasteiger partial charge in [0.05, 0.1) is 42.1 Å². The lowest BCUT2D eigenvalue weighted by atomic mass is 10.1. The Morgan fingerprint density at radius 3 is 2.31 bits per heavy atom. The molecule has 26 heavy (non-hydrogen) atoms. The number of carbonyl (C=O) groups excluding carboxylic acids is 2. The maximum Gasteiger partial charge on any atom is 0.257 e. The Balaban J connectivity index is 2.10. The van der Waals surface area contributed by atoms with E-state index in [0.717, 1.165) is 0 Å². The number of halogens is 2. The minimum atomic E-state index is -0.427. The lowest BCUT2D eigenvalue weighted by Gasteiger charge is -2.19. The fourth-order valence-corrected chi connectivity index (χ4v) is 2.76. The first-order chi connectivity index (χ1) is 12.4. The highest BCUT2D eigenvalue weighted by atomic mass is 35.5. The van der Waals surface area contributed by atoms with Crippen LogP contribution in [-0.2, 0) is 4.79 Å². The maximum absolute atomic E-state index is 12.6. The van der Waals surface area contributed by atoms with Gasteiger partial charge in [-0.3, -0.25) is 9.59 Å². The number of anilines is 1. The van der Waals surface area contributed by atoms with Gasteiger partial charge in [-0.25, -0.2) is 0 Å². The van der Waals surface area contributed by atoms with Crippen LogP contribution in [0.25, 0.3) is 0 Å². The quantitative estimate of drug-likeness (QED) is 0.807. The van der Waals surface area contributed by atoms with E-state index < -0.39 is 5.91 Å². The molecule has 0 radical (unpaired) electrons. The number of hydrogen-bond donors (Lipinski definition) is 1. The second kappa shape index (κ2) is 8.78. The molecule has 0 aliphatic rings. The van der Waals surface area contributed by atoms with Crippen LogP contribution in [0.15, 0.2) is 36.4 Å². The summed E-state index contributed by atoms with van der Waals surface area (Å²) in [6, 6.07) is 9.73. The summed E-state index contributed by atoms with van der Waals surface area (Å²) in [5, 5.41) is 3.25. The first-order valence-electron chi connectivity index (χ1n) is 7.58. The number of amides is 2. The predicted octanol–water partition coefficient (Wildman–Crippen LogP) is 3.72. The molecular weight excluding hydrogens is 379 g/mol. The highest BCUT2D eigenvalue weighted by Gasteiger charge is 2.20. The third kappa shape index (κ3) is 4.59. The standard InChI is InChI=1S/C18H18Cl2N2O4/c1-22(10-16(23)21-17-13(19)5-4-6-14(17)20)18(24)12-8-7-11(25-2)9-15(12)26-3/h4-9H,10H2,1-3H3,(H,21,23). The van der Waals surface area contributed by atoms with Crippen molar-refractivity contribution in [2.45, 2.75) is 0 Å². The largest absolute Gasteiger partial charge is 0.497 e. The molecule has 2 aromatic carbocycles. The summed E-state index contributed by atoms with van der Waals surface area (Å²) in [5.41, 5.74) is 0.628. The van der Waals surface area contributed by atoms with Crippen molar-refractivity contribution in [1.29, 1.82) is 0 Å². The van der Waals surface area contributed by atoms with E-state index in [1.165, 1.54) is 26.2 Å². The zero-order chi connectivity index (χ0) is 19.3. The molecule has 0 saturated carbocycles. The van der Waals surface area contributed by atoms with Crippen molar-refractivity contribution >= 4 is 40.7 Å².